The van der Waals surface area contributed by atoms with E-state index in [9.17, 15) is 10.1 Å². The van der Waals surface area contributed by atoms with Gasteiger partial charge in [0.1, 0.15) is 16.7 Å². The SMILES string of the molecule is Cn1cc(-c2ccc(Nc3cc(-n4cccc4)cc(Cl)n3)c([N+](=O)[O-])c2)cn1. The van der Waals surface area contributed by atoms with Gasteiger partial charge in [-0.05, 0) is 29.8 Å². The molecule has 1 N–H and O–H groups in total. The number of nitrogens with zero attached hydrogens (tertiary/aromatic N) is 5. The predicted octanol–water partition coefficient (Wildman–Crippen LogP) is 4.58. The second-order valence-electron chi connectivity index (χ2n) is 6.14. The number of hydrogen-bond acceptors (Lipinski definition) is 5. The van der Waals surface area contributed by atoms with Gasteiger partial charge in [-0.3, -0.25) is 14.8 Å². The van der Waals surface area contributed by atoms with E-state index < -0.39 is 4.92 Å². The van der Waals surface area contributed by atoms with Gasteiger partial charge >= 0.3 is 0 Å². The highest BCUT2D eigenvalue weighted by atomic mass is 35.5. The van der Waals surface area contributed by atoms with Gasteiger partial charge in [-0.2, -0.15) is 5.10 Å². The lowest BCUT2D eigenvalue weighted by atomic mass is 10.1. The van der Waals surface area contributed by atoms with Crippen LogP contribution in [0.4, 0.5) is 17.2 Å². The second kappa shape index (κ2) is 7.16. The molecule has 8 nitrogen and oxygen atoms in total. The fourth-order valence-electron chi connectivity index (χ4n) is 2.88. The van der Waals surface area contributed by atoms with Gasteiger partial charge in [0.15, 0.2) is 0 Å². The van der Waals surface area contributed by atoms with Gasteiger partial charge in [-0.15, -0.1) is 0 Å². The molecule has 0 spiro atoms. The molecule has 0 fully saturated rings. The van der Waals surface area contributed by atoms with Crippen molar-refractivity contribution in [1.82, 2.24) is 19.3 Å². The lowest BCUT2D eigenvalue weighted by Crippen LogP contribution is -2.01. The maximum Gasteiger partial charge on any atom is 0.293 e. The molecule has 0 bridgehead atoms. The van der Waals surface area contributed by atoms with E-state index in [4.69, 9.17) is 11.6 Å². The van der Waals surface area contributed by atoms with Crippen molar-refractivity contribution in [2.45, 2.75) is 0 Å². The molecule has 0 atom stereocenters. The van der Waals surface area contributed by atoms with Crippen molar-refractivity contribution in [2.75, 3.05) is 5.32 Å². The summed E-state index contributed by atoms with van der Waals surface area (Å²) in [4.78, 5) is 15.4. The van der Waals surface area contributed by atoms with Crippen LogP contribution < -0.4 is 5.32 Å². The van der Waals surface area contributed by atoms with Gasteiger partial charge in [0.05, 0.1) is 16.8 Å². The van der Waals surface area contributed by atoms with Gasteiger partial charge in [0, 0.05) is 43.3 Å². The fourth-order valence-corrected chi connectivity index (χ4v) is 3.08. The average molecular weight is 395 g/mol. The van der Waals surface area contributed by atoms with Crippen molar-refractivity contribution in [3.8, 4) is 16.8 Å². The zero-order valence-corrected chi connectivity index (χ0v) is 15.5. The number of nitrogens with one attached hydrogen (secondary N) is 1. The van der Waals surface area contributed by atoms with E-state index >= 15 is 0 Å². The van der Waals surface area contributed by atoms with Crippen LogP contribution in [-0.4, -0.2) is 24.3 Å². The Labute approximate surface area is 165 Å². The first-order chi connectivity index (χ1) is 13.5. The van der Waals surface area contributed by atoms with Gasteiger partial charge < -0.3 is 9.88 Å². The van der Waals surface area contributed by atoms with E-state index in [1.165, 1.54) is 6.07 Å². The van der Waals surface area contributed by atoms with Crippen LogP contribution in [0.3, 0.4) is 0 Å². The summed E-state index contributed by atoms with van der Waals surface area (Å²) in [5.41, 5.74) is 2.56. The topological polar surface area (TPSA) is 90.8 Å². The van der Waals surface area contributed by atoms with Crippen molar-refractivity contribution in [3.05, 3.63) is 82.5 Å². The minimum absolute atomic E-state index is 0.0642. The predicted molar refractivity (Wildman–Crippen MR) is 107 cm³/mol. The number of aryl methyl sites for hydroxylation is 1. The molecular formula is C19H15ClN6O2. The highest BCUT2D eigenvalue weighted by Crippen LogP contribution is 2.32. The number of nitro groups is 1. The van der Waals surface area contributed by atoms with Gasteiger partial charge in [0.25, 0.3) is 5.69 Å². The van der Waals surface area contributed by atoms with Crippen LogP contribution in [0.1, 0.15) is 0 Å². The first-order valence-corrected chi connectivity index (χ1v) is 8.73. The summed E-state index contributed by atoms with van der Waals surface area (Å²) in [5, 5.41) is 19.0. The molecule has 3 heterocycles. The first kappa shape index (κ1) is 17.7. The van der Waals surface area contributed by atoms with Crippen LogP contribution in [0.15, 0.2) is 67.3 Å². The summed E-state index contributed by atoms with van der Waals surface area (Å²) in [6.45, 7) is 0. The van der Waals surface area contributed by atoms with E-state index in [0.717, 1.165) is 11.3 Å². The fraction of sp³-hybridized carbons (Fsp3) is 0.0526. The number of halogens is 1. The van der Waals surface area contributed by atoms with Crippen molar-refractivity contribution in [3.63, 3.8) is 0 Å². The largest absolute Gasteiger partial charge is 0.335 e. The van der Waals surface area contributed by atoms with Crippen molar-refractivity contribution in [1.29, 1.82) is 0 Å². The molecule has 0 saturated carbocycles. The second-order valence-corrected chi connectivity index (χ2v) is 6.53. The lowest BCUT2D eigenvalue weighted by molar-refractivity contribution is -0.383. The summed E-state index contributed by atoms with van der Waals surface area (Å²) < 4.78 is 3.52. The molecule has 3 aromatic heterocycles. The third-order valence-corrected chi connectivity index (χ3v) is 4.37. The van der Waals surface area contributed by atoms with Crippen molar-refractivity contribution < 1.29 is 4.92 Å². The molecule has 4 rings (SSSR count). The van der Waals surface area contributed by atoms with E-state index in [1.54, 1.807) is 48.4 Å². The van der Waals surface area contributed by atoms with Crippen LogP contribution in [0.25, 0.3) is 16.8 Å². The monoisotopic (exact) mass is 394 g/mol. The molecule has 0 aliphatic carbocycles. The smallest absolute Gasteiger partial charge is 0.293 e. The van der Waals surface area contributed by atoms with Crippen molar-refractivity contribution >= 4 is 28.8 Å². The Kier molecular flexibility index (Phi) is 4.54. The molecule has 0 saturated heterocycles. The number of anilines is 2. The van der Waals surface area contributed by atoms with Gasteiger partial charge in [-0.25, -0.2) is 4.98 Å². The first-order valence-electron chi connectivity index (χ1n) is 8.35. The summed E-state index contributed by atoms with van der Waals surface area (Å²) in [7, 11) is 1.79. The summed E-state index contributed by atoms with van der Waals surface area (Å²) in [6.07, 6.45) is 7.21. The maximum atomic E-state index is 11.6. The molecule has 4 aromatic rings. The average Bonchev–Trinajstić information content (AvgIpc) is 3.33. The maximum absolute atomic E-state index is 11.6. The van der Waals surface area contributed by atoms with Crippen LogP contribution >= 0.6 is 11.6 Å². The standard InChI is InChI=1S/C19H15ClN6O2/c1-24-12-14(11-21-24)13-4-5-16(17(8-13)26(27)28)22-19-10-15(9-18(20)23-19)25-6-2-3-7-25/h2-12H,1H3,(H,22,23). The molecule has 1 aromatic carbocycles. The number of aromatic nitrogens is 4. The highest BCUT2D eigenvalue weighted by molar-refractivity contribution is 6.29. The molecule has 0 aliphatic heterocycles. The zero-order valence-electron chi connectivity index (χ0n) is 14.8. The molecule has 0 unspecified atom stereocenters. The Morgan fingerprint density at radius 2 is 1.93 bits per heavy atom. The van der Waals surface area contributed by atoms with Crippen LogP contribution in [-0.2, 0) is 7.05 Å². The Morgan fingerprint density at radius 1 is 1.14 bits per heavy atom. The Bertz CT molecular complexity index is 1150. The number of pyridine rings is 1. The Balaban J connectivity index is 1.71. The Morgan fingerprint density at radius 3 is 2.61 bits per heavy atom. The van der Waals surface area contributed by atoms with Crippen LogP contribution in [0, 0.1) is 10.1 Å². The van der Waals surface area contributed by atoms with E-state index in [0.29, 0.717) is 17.1 Å². The van der Waals surface area contributed by atoms with E-state index in [2.05, 4.69) is 15.4 Å². The molecule has 0 radical (unpaired) electrons. The molecule has 140 valence electrons. The lowest BCUT2D eigenvalue weighted by Gasteiger charge is -2.10. The summed E-state index contributed by atoms with van der Waals surface area (Å²) in [6, 6.07) is 12.2. The highest BCUT2D eigenvalue weighted by Gasteiger charge is 2.17. The number of nitro benzene ring substituents is 1. The minimum Gasteiger partial charge on any atom is -0.335 e. The third-order valence-electron chi connectivity index (χ3n) is 4.18. The summed E-state index contributed by atoms with van der Waals surface area (Å²) in [5.74, 6) is 0.411. The number of hydrogen-bond donors (Lipinski definition) is 1. The van der Waals surface area contributed by atoms with E-state index in [1.807, 2.05) is 29.1 Å². The number of benzene rings is 1. The summed E-state index contributed by atoms with van der Waals surface area (Å²) >= 11 is 6.14. The zero-order chi connectivity index (χ0) is 19.7. The van der Waals surface area contributed by atoms with Gasteiger partial charge in [-0.1, -0.05) is 17.7 Å². The quantitative estimate of drug-likeness (QED) is 0.304. The van der Waals surface area contributed by atoms with Crippen LogP contribution in [0.2, 0.25) is 5.15 Å². The van der Waals surface area contributed by atoms with E-state index in [-0.39, 0.29) is 10.8 Å². The van der Waals surface area contributed by atoms with Gasteiger partial charge in [0.2, 0.25) is 0 Å². The normalized spacial score (nSPS) is 10.8. The molecule has 9 heteroatoms. The number of rotatable bonds is 5. The van der Waals surface area contributed by atoms with Crippen molar-refractivity contribution in [2.24, 2.45) is 7.05 Å². The third kappa shape index (κ3) is 3.58. The molecule has 28 heavy (non-hydrogen) atoms. The Hall–Kier alpha value is -3.65. The molecule has 0 aliphatic rings. The minimum atomic E-state index is -0.431. The molecular weight excluding hydrogens is 380 g/mol. The van der Waals surface area contributed by atoms with Crippen LogP contribution in [0.5, 0.6) is 0 Å². The molecule has 0 amide bonds.